The summed E-state index contributed by atoms with van der Waals surface area (Å²) in [6.07, 6.45) is 0. The molecular formula is C22H18N4O2S2. The van der Waals surface area contributed by atoms with E-state index in [0.29, 0.717) is 28.6 Å². The number of nitrogens with one attached hydrogen (secondary N) is 1. The molecule has 3 N–H and O–H groups in total. The SMILES string of the molecule is NC(=O)c1ccc(CNc2nnc(SCC(=O)c3ccc4ccccc4c3)s2)cc1. The standard InChI is InChI=1S/C22H18N4O2S2/c23-20(28)16-7-5-14(6-8-16)12-24-21-25-26-22(30-21)29-13-19(27)18-10-9-15-3-1-2-4-17(15)11-18/h1-11H,12-13H2,(H2,23,28)(H,24,25). The number of hydrogen-bond donors (Lipinski definition) is 2. The topological polar surface area (TPSA) is 98.0 Å². The third-order valence-corrected chi connectivity index (χ3v) is 6.50. The highest BCUT2D eigenvalue weighted by Gasteiger charge is 2.11. The summed E-state index contributed by atoms with van der Waals surface area (Å²) < 4.78 is 0.732. The van der Waals surface area contributed by atoms with Crippen molar-refractivity contribution in [2.75, 3.05) is 11.1 Å². The molecule has 0 aliphatic carbocycles. The maximum atomic E-state index is 12.5. The van der Waals surface area contributed by atoms with Crippen molar-refractivity contribution in [1.82, 2.24) is 10.2 Å². The summed E-state index contributed by atoms with van der Waals surface area (Å²) in [5, 5.41) is 14.3. The number of amides is 1. The van der Waals surface area contributed by atoms with Gasteiger partial charge in [0.05, 0.1) is 5.75 Å². The smallest absolute Gasteiger partial charge is 0.248 e. The number of anilines is 1. The van der Waals surface area contributed by atoms with E-state index >= 15 is 0 Å². The molecule has 1 amide bonds. The minimum atomic E-state index is -0.446. The molecular weight excluding hydrogens is 416 g/mol. The van der Waals surface area contributed by atoms with Gasteiger partial charge in [0, 0.05) is 17.7 Å². The Morgan fingerprint density at radius 3 is 2.43 bits per heavy atom. The number of benzene rings is 3. The van der Waals surface area contributed by atoms with Crippen LogP contribution in [0.1, 0.15) is 26.3 Å². The van der Waals surface area contributed by atoms with Crippen LogP contribution in [0.5, 0.6) is 0 Å². The van der Waals surface area contributed by atoms with E-state index in [1.54, 1.807) is 12.1 Å². The Labute approximate surface area is 181 Å². The molecule has 0 radical (unpaired) electrons. The van der Waals surface area contributed by atoms with Crippen LogP contribution in [0.15, 0.2) is 71.1 Å². The zero-order valence-corrected chi connectivity index (χ0v) is 17.5. The number of rotatable bonds is 8. The molecule has 0 aliphatic heterocycles. The van der Waals surface area contributed by atoms with Crippen LogP contribution in [0.4, 0.5) is 5.13 Å². The fourth-order valence-electron chi connectivity index (χ4n) is 2.88. The van der Waals surface area contributed by atoms with Gasteiger partial charge in [0.1, 0.15) is 0 Å². The van der Waals surface area contributed by atoms with Crippen LogP contribution in [0.3, 0.4) is 0 Å². The summed E-state index contributed by atoms with van der Waals surface area (Å²) >= 11 is 2.78. The van der Waals surface area contributed by atoms with Crippen LogP contribution in [0, 0.1) is 0 Å². The van der Waals surface area contributed by atoms with Crippen molar-refractivity contribution < 1.29 is 9.59 Å². The number of primary amides is 1. The first-order chi connectivity index (χ1) is 14.6. The number of nitrogens with zero attached hydrogens (tertiary/aromatic N) is 2. The summed E-state index contributed by atoms with van der Waals surface area (Å²) in [6.45, 7) is 0.550. The van der Waals surface area contributed by atoms with Gasteiger partial charge in [0.2, 0.25) is 11.0 Å². The van der Waals surface area contributed by atoms with Gasteiger partial charge in [-0.1, -0.05) is 71.6 Å². The Balaban J connectivity index is 1.31. The number of thioether (sulfide) groups is 1. The van der Waals surface area contributed by atoms with E-state index in [1.807, 2.05) is 54.6 Å². The minimum Gasteiger partial charge on any atom is -0.366 e. The lowest BCUT2D eigenvalue weighted by Gasteiger charge is -2.03. The van der Waals surface area contributed by atoms with E-state index in [9.17, 15) is 9.59 Å². The van der Waals surface area contributed by atoms with Crippen molar-refractivity contribution in [2.45, 2.75) is 10.9 Å². The highest BCUT2D eigenvalue weighted by Crippen LogP contribution is 2.27. The van der Waals surface area contributed by atoms with Crippen molar-refractivity contribution in [3.8, 4) is 0 Å². The number of nitrogens with two attached hydrogens (primary N) is 1. The molecule has 3 aromatic carbocycles. The van der Waals surface area contributed by atoms with Crippen molar-refractivity contribution in [3.05, 3.63) is 83.4 Å². The Hall–Kier alpha value is -3.23. The third kappa shape index (κ3) is 4.84. The molecule has 0 atom stereocenters. The Morgan fingerprint density at radius 2 is 1.67 bits per heavy atom. The van der Waals surface area contributed by atoms with Crippen LogP contribution in [0.2, 0.25) is 0 Å². The molecule has 0 unspecified atom stereocenters. The predicted molar refractivity (Wildman–Crippen MR) is 121 cm³/mol. The lowest BCUT2D eigenvalue weighted by Crippen LogP contribution is -2.10. The van der Waals surface area contributed by atoms with Gasteiger partial charge in [-0.15, -0.1) is 10.2 Å². The number of ketones is 1. The molecule has 30 heavy (non-hydrogen) atoms. The van der Waals surface area contributed by atoms with Gasteiger partial charge in [-0.2, -0.15) is 0 Å². The van der Waals surface area contributed by atoms with Crippen LogP contribution in [-0.2, 0) is 6.54 Å². The minimum absolute atomic E-state index is 0.0602. The molecule has 0 aliphatic rings. The normalized spacial score (nSPS) is 10.8. The highest BCUT2D eigenvalue weighted by atomic mass is 32.2. The maximum absolute atomic E-state index is 12.5. The average molecular weight is 435 g/mol. The summed E-state index contributed by atoms with van der Waals surface area (Å²) in [5.74, 6) is -0.0785. The highest BCUT2D eigenvalue weighted by molar-refractivity contribution is 8.01. The van der Waals surface area contributed by atoms with Gasteiger partial charge in [0.15, 0.2) is 10.1 Å². The second kappa shape index (κ2) is 9.06. The maximum Gasteiger partial charge on any atom is 0.248 e. The Bertz CT molecular complexity index is 1210. The van der Waals surface area contributed by atoms with E-state index < -0.39 is 5.91 Å². The molecule has 6 nitrogen and oxygen atoms in total. The van der Waals surface area contributed by atoms with Crippen LogP contribution in [0.25, 0.3) is 10.8 Å². The zero-order valence-electron chi connectivity index (χ0n) is 15.9. The Morgan fingerprint density at radius 1 is 0.933 bits per heavy atom. The van der Waals surface area contributed by atoms with Crippen molar-refractivity contribution >= 4 is 50.7 Å². The van der Waals surface area contributed by atoms with E-state index in [-0.39, 0.29) is 5.78 Å². The number of fused-ring (bicyclic) bond motifs is 1. The lowest BCUT2D eigenvalue weighted by atomic mass is 10.1. The summed E-state index contributed by atoms with van der Waals surface area (Å²) in [6, 6.07) is 20.8. The molecule has 1 heterocycles. The summed E-state index contributed by atoms with van der Waals surface area (Å²) in [4.78, 5) is 23.7. The van der Waals surface area contributed by atoms with Gasteiger partial charge < -0.3 is 11.1 Å². The van der Waals surface area contributed by atoms with Gasteiger partial charge in [0.25, 0.3) is 0 Å². The number of carbonyl (C=O) groups is 2. The summed E-state index contributed by atoms with van der Waals surface area (Å²) in [7, 11) is 0. The van der Waals surface area contributed by atoms with Crippen molar-refractivity contribution in [1.29, 1.82) is 0 Å². The molecule has 4 rings (SSSR count). The Kier molecular flexibility index (Phi) is 6.06. The van der Waals surface area contributed by atoms with Gasteiger partial charge in [-0.3, -0.25) is 9.59 Å². The first kappa shape index (κ1) is 20.1. The molecule has 4 aromatic rings. The second-order valence-corrected chi connectivity index (χ2v) is 8.76. The largest absolute Gasteiger partial charge is 0.366 e. The fraction of sp³-hybridized carbons (Fsp3) is 0.0909. The molecule has 0 saturated heterocycles. The first-order valence-corrected chi connectivity index (χ1v) is 11.0. The quantitative estimate of drug-likeness (QED) is 0.315. The van der Waals surface area contributed by atoms with Crippen molar-refractivity contribution in [3.63, 3.8) is 0 Å². The van der Waals surface area contributed by atoms with Crippen LogP contribution in [-0.4, -0.2) is 27.6 Å². The monoisotopic (exact) mass is 434 g/mol. The van der Waals surface area contributed by atoms with Crippen LogP contribution < -0.4 is 11.1 Å². The number of aromatic nitrogens is 2. The van der Waals surface area contributed by atoms with Gasteiger partial charge in [-0.25, -0.2) is 0 Å². The molecule has 0 saturated carbocycles. The van der Waals surface area contributed by atoms with E-state index in [1.165, 1.54) is 23.1 Å². The second-order valence-electron chi connectivity index (χ2n) is 6.56. The van der Waals surface area contributed by atoms with E-state index in [0.717, 1.165) is 20.7 Å². The average Bonchev–Trinajstić information content (AvgIpc) is 3.24. The zero-order chi connectivity index (χ0) is 20.9. The van der Waals surface area contributed by atoms with Gasteiger partial charge in [-0.05, 0) is 34.5 Å². The van der Waals surface area contributed by atoms with E-state index in [4.69, 9.17) is 5.73 Å². The molecule has 8 heteroatoms. The van der Waals surface area contributed by atoms with E-state index in [2.05, 4.69) is 15.5 Å². The lowest BCUT2D eigenvalue weighted by molar-refractivity contribution is 0.0997. The first-order valence-electron chi connectivity index (χ1n) is 9.19. The molecule has 0 fully saturated rings. The number of carbonyl (C=O) groups excluding carboxylic acids is 2. The molecule has 150 valence electrons. The number of Topliss-reactive ketones (excluding diaryl/α,β-unsaturated/α-hetero) is 1. The fourth-order valence-corrected chi connectivity index (χ4v) is 4.52. The molecule has 0 bridgehead atoms. The van der Waals surface area contributed by atoms with Gasteiger partial charge >= 0.3 is 0 Å². The predicted octanol–water partition coefficient (Wildman–Crippen LogP) is 4.38. The third-order valence-electron chi connectivity index (χ3n) is 4.49. The number of hydrogen-bond acceptors (Lipinski definition) is 7. The molecule has 1 aromatic heterocycles. The van der Waals surface area contributed by atoms with Crippen molar-refractivity contribution in [2.24, 2.45) is 5.73 Å². The summed E-state index contributed by atoms with van der Waals surface area (Å²) in [5.41, 5.74) is 7.42. The molecule has 0 spiro atoms. The van der Waals surface area contributed by atoms with Crippen LogP contribution >= 0.6 is 23.1 Å².